The lowest BCUT2D eigenvalue weighted by Crippen LogP contribution is -2.53. The number of nitrogens with zero attached hydrogens (tertiary/aromatic N) is 1. The van der Waals surface area contributed by atoms with Crippen molar-refractivity contribution in [2.45, 2.75) is 56.8 Å². The van der Waals surface area contributed by atoms with Crippen LogP contribution in [0.4, 0.5) is 5.69 Å². The number of nitrogens with two attached hydrogens (primary N) is 5. The highest BCUT2D eigenvalue weighted by molar-refractivity contribution is 6.17. The number of rotatable bonds is 15. The highest BCUT2D eigenvalue weighted by Crippen LogP contribution is 2.30. The molecule has 2 aromatic carbocycles. The number of amides is 2. The fourth-order valence-electron chi connectivity index (χ4n) is 4.18. The maximum atomic E-state index is 13.7. The van der Waals surface area contributed by atoms with Gasteiger partial charge in [-0.2, -0.15) is 0 Å². The second-order valence-corrected chi connectivity index (χ2v) is 9.46. The number of anilines is 1. The first-order valence-corrected chi connectivity index (χ1v) is 12.6. The number of primary amides is 1. The van der Waals surface area contributed by atoms with Gasteiger partial charge in [0.1, 0.15) is 11.8 Å². The molecule has 216 valence electrons. The predicted octanol–water partition coefficient (Wildman–Crippen LogP) is -0.597. The van der Waals surface area contributed by atoms with Gasteiger partial charge in [0.05, 0.1) is 35.8 Å². The Hall–Kier alpha value is -4.17. The van der Waals surface area contributed by atoms with Crippen LogP contribution in [-0.4, -0.2) is 70.3 Å². The summed E-state index contributed by atoms with van der Waals surface area (Å²) in [6.45, 7) is 1.54. The monoisotopic (exact) mass is 556 g/mol. The van der Waals surface area contributed by atoms with Crippen LogP contribution in [0.3, 0.4) is 0 Å². The van der Waals surface area contributed by atoms with Crippen molar-refractivity contribution in [3.05, 3.63) is 59.2 Å². The Morgan fingerprint density at radius 3 is 2.08 bits per heavy atom. The van der Waals surface area contributed by atoms with Crippen LogP contribution in [-0.2, 0) is 20.8 Å². The number of carbonyl (C=O) groups excluding carboxylic acids is 4. The first-order chi connectivity index (χ1) is 18.8. The molecule has 2 amide bonds. The van der Waals surface area contributed by atoms with Gasteiger partial charge in [-0.1, -0.05) is 24.3 Å². The molecule has 0 aliphatic rings. The van der Waals surface area contributed by atoms with Crippen molar-refractivity contribution in [2.75, 3.05) is 11.4 Å². The van der Waals surface area contributed by atoms with Crippen molar-refractivity contribution in [2.24, 2.45) is 28.7 Å². The first kappa shape index (κ1) is 32.0. The summed E-state index contributed by atoms with van der Waals surface area (Å²) in [5.41, 5.74) is 28.8. The fourth-order valence-corrected chi connectivity index (χ4v) is 4.18. The summed E-state index contributed by atoms with van der Waals surface area (Å²) in [6.07, 6.45) is -0.236. The number of phenolic OH excluding ortho intramolecular Hbond substituents is 1. The topological polar surface area (TPSA) is 259 Å². The smallest absolute Gasteiger partial charge is 0.327 e. The summed E-state index contributed by atoms with van der Waals surface area (Å²) in [5.74, 6) is -4.95. The zero-order chi connectivity index (χ0) is 30.1. The molecule has 40 heavy (non-hydrogen) atoms. The fraction of sp³-hybridized carbons (Fsp3) is 0.370. The molecular weight excluding hydrogens is 520 g/mol. The van der Waals surface area contributed by atoms with Crippen molar-refractivity contribution in [1.29, 1.82) is 0 Å². The van der Waals surface area contributed by atoms with Crippen LogP contribution in [0.25, 0.3) is 0 Å². The molecule has 0 heterocycles. The molecule has 3 unspecified atom stereocenters. The molecule has 13 heteroatoms. The lowest BCUT2D eigenvalue weighted by molar-refractivity contribution is -0.141. The van der Waals surface area contributed by atoms with Crippen molar-refractivity contribution >= 4 is 35.0 Å². The minimum Gasteiger partial charge on any atom is -0.508 e. The van der Waals surface area contributed by atoms with Gasteiger partial charge in [-0.3, -0.25) is 24.1 Å². The van der Waals surface area contributed by atoms with Gasteiger partial charge in [-0.15, -0.1) is 0 Å². The van der Waals surface area contributed by atoms with E-state index in [0.29, 0.717) is 16.9 Å². The lowest BCUT2D eigenvalue weighted by atomic mass is 9.88. The molecule has 0 saturated heterocycles. The lowest BCUT2D eigenvalue weighted by Gasteiger charge is -2.32. The average molecular weight is 557 g/mol. The van der Waals surface area contributed by atoms with Crippen LogP contribution >= 0.6 is 0 Å². The second-order valence-electron chi connectivity index (χ2n) is 9.46. The summed E-state index contributed by atoms with van der Waals surface area (Å²) in [5, 5.41) is 19.4. The molecule has 12 N–H and O–H groups in total. The van der Waals surface area contributed by atoms with Gasteiger partial charge in [-0.25, -0.2) is 4.79 Å². The molecule has 0 radical (unpaired) electrons. The van der Waals surface area contributed by atoms with E-state index in [1.165, 1.54) is 37.3 Å². The molecule has 13 nitrogen and oxygen atoms in total. The number of ketones is 2. The van der Waals surface area contributed by atoms with Gasteiger partial charge in [0.15, 0.2) is 11.6 Å². The van der Waals surface area contributed by atoms with Crippen molar-refractivity contribution in [1.82, 2.24) is 0 Å². The molecule has 0 aliphatic carbocycles. The van der Waals surface area contributed by atoms with E-state index in [2.05, 4.69) is 0 Å². The highest BCUT2D eigenvalue weighted by Gasteiger charge is 2.38. The maximum Gasteiger partial charge on any atom is 0.327 e. The van der Waals surface area contributed by atoms with Gasteiger partial charge in [0.25, 0.3) is 0 Å². The molecule has 0 aromatic heterocycles. The molecule has 0 fully saturated rings. The van der Waals surface area contributed by atoms with E-state index in [0.717, 1.165) is 0 Å². The quantitative estimate of drug-likeness (QED) is 0.136. The van der Waals surface area contributed by atoms with Gasteiger partial charge in [-0.05, 0) is 56.5 Å². The van der Waals surface area contributed by atoms with Gasteiger partial charge in [0.2, 0.25) is 11.8 Å². The molecule has 0 spiro atoms. The maximum absolute atomic E-state index is 13.7. The number of hydrogen-bond donors (Lipinski definition) is 7. The molecule has 0 bridgehead atoms. The van der Waals surface area contributed by atoms with E-state index in [9.17, 15) is 34.2 Å². The van der Waals surface area contributed by atoms with Crippen molar-refractivity contribution in [3.8, 4) is 5.75 Å². The Kier molecular flexibility index (Phi) is 11.4. The number of carbonyl (C=O) groups is 5. The Bertz CT molecular complexity index is 1250. The minimum absolute atomic E-state index is 0.0264. The summed E-state index contributed by atoms with van der Waals surface area (Å²) in [6, 6.07) is 4.56. The Morgan fingerprint density at radius 2 is 1.55 bits per heavy atom. The highest BCUT2D eigenvalue weighted by atomic mass is 16.4. The standard InChI is InChI=1S/C27H36N6O7/c1-14(29)26(38)33(21(27(39)40)13-22(32)35)20-6-2-4-17(23(20)25(37)18(30)5-3-11-28)24(36)19(31)12-15-7-9-16(34)10-8-15/h2,4,6-10,14,18-19,21,34H,3,5,11-13,28-31H2,1H3,(H2,32,35)(H,39,40)/t14?,18?,19?,21-/m0/s1. The zero-order valence-electron chi connectivity index (χ0n) is 22.2. The van der Waals surface area contributed by atoms with E-state index in [4.69, 9.17) is 28.7 Å². The zero-order valence-corrected chi connectivity index (χ0v) is 22.2. The summed E-state index contributed by atoms with van der Waals surface area (Å²) in [7, 11) is 0. The normalized spacial score (nSPS) is 14.0. The van der Waals surface area contributed by atoms with E-state index < -0.39 is 59.9 Å². The minimum atomic E-state index is -1.83. The second kappa shape index (κ2) is 14.3. The average Bonchev–Trinajstić information content (AvgIpc) is 2.91. The SMILES string of the molecule is CC(N)C(=O)N(c1cccc(C(=O)C(N)Cc2ccc(O)cc2)c1C(=O)C(N)CCCN)[C@@H](CC(N)=O)C(=O)O. The van der Waals surface area contributed by atoms with Crippen LogP contribution in [0, 0.1) is 0 Å². The van der Waals surface area contributed by atoms with Crippen molar-refractivity contribution in [3.63, 3.8) is 0 Å². The largest absolute Gasteiger partial charge is 0.508 e. The number of aromatic hydroxyl groups is 1. The molecule has 0 aliphatic heterocycles. The number of Topliss-reactive ketones (excluding diaryl/α,β-unsaturated/α-hetero) is 2. The number of phenols is 1. The Balaban J connectivity index is 2.76. The van der Waals surface area contributed by atoms with Crippen LogP contribution in [0.15, 0.2) is 42.5 Å². The molecule has 2 rings (SSSR count). The molecule has 0 saturated carbocycles. The number of aliphatic carboxylic acids is 1. The van der Waals surface area contributed by atoms with Gasteiger partial charge in [0, 0.05) is 5.56 Å². The van der Waals surface area contributed by atoms with Crippen LogP contribution < -0.4 is 33.6 Å². The van der Waals surface area contributed by atoms with E-state index in [1.54, 1.807) is 12.1 Å². The predicted molar refractivity (Wildman–Crippen MR) is 148 cm³/mol. The van der Waals surface area contributed by atoms with Crippen molar-refractivity contribution < 1.29 is 34.2 Å². The number of benzene rings is 2. The summed E-state index contributed by atoms with van der Waals surface area (Å²) < 4.78 is 0. The Labute approximate surface area is 231 Å². The third kappa shape index (κ3) is 7.93. The van der Waals surface area contributed by atoms with Crippen LogP contribution in [0.5, 0.6) is 5.75 Å². The van der Waals surface area contributed by atoms with E-state index >= 15 is 0 Å². The van der Waals surface area contributed by atoms with E-state index in [-0.39, 0.29) is 42.0 Å². The molecule has 2 aromatic rings. The third-order valence-corrected chi connectivity index (χ3v) is 6.22. The van der Waals surface area contributed by atoms with Gasteiger partial charge >= 0.3 is 5.97 Å². The molecule has 4 atom stereocenters. The summed E-state index contributed by atoms with van der Waals surface area (Å²) in [4.78, 5) is 65.3. The van der Waals surface area contributed by atoms with Gasteiger partial charge < -0.3 is 38.9 Å². The summed E-state index contributed by atoms with van der Waals surface area (Å²) >= 11 is 0. The van der Waals surface area contributed by atoms with E-state index in [1.807, 2.05) is 0 Å². The first-order valence-electron chi connectivity index (χ1n) is 12.6. The number of hydrogen-bond acceptors (Lipinski definition) is 10. The molecular formula is C27H36N6O7. The van der Waals surface area contributed by atoms with Crippen LogP contribution in [0.1, 0.15) is 52.5 Å². The third-order valence-electron chi connectivity index (χ3n) is 6.22. The number of carboxylic acids is 1. The van der Waals surface area contributed by atoms with Crippen LogP contribution in [0.2, 0.25) is 0 Å². The number of carboxylic acid groups (broad SMARTS) is 1. The Morgan fingerprint density at radius 1 is 0.925 bits per heavy atom.